The Morgan fingerprint density at radius 1 is 1.17 bits per heavy atom. The van der Waals surface area contributed by atoms with Crippen molar-refractivity contribution < 1.29 is 8.42 Å². The Balaban J connectivity index is 2.34. The normalized spacial score (nSPS) is 12.5. The Kier molecular flexibility index (Phi) is 8.05. The summed E-state index contributed by atoms with van der Waals surface area (Å²) in [7, 11) is -1.87. The number of hydrogen-bond donors (Lipinski definition) is 3. The summed E-state index contributed by atoms with van der Waals surface area (Å²) >= 11 is 0. The van der Waals surface area contributed by atoms with E-state index in [1.807, 2.05) is 0 Å². The molecule has 1 rings (SSSR count). The molecule has 0 spiro atoms. The minimum absolute atomic E-state index is 0.136. The second-order valence-electron chi connectivity index (χ2n) is 5.90. The number of aliphatic imine (C=N–C) groups is 1. The van der Waals surface area contributed by atoms with Gasteiger partial charge < -0.3 is 10.6 Å². The summed E-state index contributed by atoms with van der Waals surface area (Å²) in [6.45, 7) is 6.06. The van der Waals surface area contributed by atoms with Crippen LogP contribution in [0.25, 0.3) is 0 Å². The number of rotatable bonds is 8. The summed E-state index contributed by atoms with van der Waals surface area (Å²) in [4.78, 5) is 4.32. The fourth-order valence-corrected chi connectivity index (χ4v) is 2.62. The lowest BCUT2D eigenvalue weighted by atomic mass is 10.1. The zero-order valence-corrected chi connectivity index (χ0v) is 15.0. The molecule has 0 aliphatic rings. The molecule has 1 aromatic rings. The van der Waals surface area contributed by atoms with E-state index >= 15 is 0 Å². The van der Waals surface area contributed by atoms with Gasteiger partial charge in [-0.3, -0.25) is 4.99 Å². The van der Waals surface area contributed by atoms with Crippen LogP contribution in [0.2, 0.25) is 0 Å². The van der Waals surface area contributed by atoms with Crippen LogP contribution < -0.4 is 15.8 Å². The summed E-state index contributed by atoms with van der Waals surface area (Å²) in [5.74, 6) is 1.50. The molecule has 7 heteroatoms. The van der Waals surface area contributed by atoms with E-state index in [0.717, 1.165) is 37.5 Å². The van der Waals surface area contributed by atoms with Gasteiger partial charge in [0.2, 0.25) is 10.0 Å². The molecule has 0 heterocycles. The number of sulfonamides is 1. The average molecular weight is 340 g/mol. The van der Waals surface area contributed by atoms with E-state index in [0.29, 0.717) is 5.92 Å². The van der Waals surface area contributed by atoms with Gasteiger partial charge in [-0.15, -0.1) is 0 Å². The van der Waals surface area contributed by atoms with Crippen molar-refractivity contribution in [1.82, 2.24) is 10.6 Å². The largest absolute Gasteiger partial charge is 0.356 e. The average Bonchev–Trinajstić information content (AvgIpc) is 2.49. The molecule has 0 saturated carbocycles. The van der Waals surface area contributed by atoms with Crippen LogP contribution in [0, 0.1) is 5.92 Å². The fourth-order valence-electron chi connectivity index (χ4n) is 2.11. The molecule has 0 unspecified atom stereocenters. The van der Waals surface area contributed by atoms with Gasteiger partial charge in [0.15, 0.2) is 5.96 Å². The Labute approximate surface area is 139 Å². The van der Waals surface area contributed by atoms with E-state index in [4.69, 9.17) is 5.14 Å². The molecule has 0 aromatic heterocycles. The number of primary sulfonamides is 1. The van der Waals surface area contributed by atoms with Crippen LogP contribution >= 0.6 is 0 Å². The highest BCUT2D eigenvalue weighted by atomic mass is 32.2. The summed E-state index contributed by atoms with van der Waals surface area (Å²) < 4.78 is 22.4. The number of nitrogens with zero attached hydrogens (tertiary/aromatic N) is 1. The van der Waals surface area contributed by atoms with Crippen LogP contribution in [0.1, 0.15) is 32.3 Å². The van der Waals surface area contributed by atoms with Gasteiger partial charge in [0.1, 0.15) is 0 Å². The summed E-state index contributed by atoms with van der Waals surface area (Å²) in [5.41, 5.74) is 1.04. The Morgan fingerprint density at radius 2 is 1.78 bits per heavy atom. The first-order chi connectivity index (χ1) is 10.8. The van der Waals surface area contributed by atoms with Crippen molar-refractivity contribution in [3.8, 4) is 0 Å². The van der Waals surface area contributed by atoms with Crippen LogP contribution in [0.15, 0.2) is 34.2 Å². The maximum absolute atomic E-state index is 11.2. The fraction of sp³-hybridized carbons (Fsp3) is 0.562. The van der Waals surface area contributed by atoms with Gasteiger partial charge in [-0.05, 0) is 42.9 Å². The second kappa shape index (κ2) is 9.52. The lowest BCUT2D eigenvalue weighted by molar-refractivity contribution is 0.549. The van der Waals surface area contributed by atoms with Crippen molar-refractivity contribution >= 4 is 16.0 Å². The Morgan fingerprint density at radius 3 is 2.30 bits per heavy atom. The summed E-state index contributed by atoms with van der Waals surface area (Å²) in [6.07, 6.45) is 3.09. The highest BCUT2D eigenvalue weighted by molar-refractivity contribution is 7.89. The monoisotopic (exact) mass is 340 g/mol. The Bertz CT molecular complexity index is 595. The second-order valence-corrected chi connectivity index (χ2v) is 7.46. The lowest BCUT2D eigenvalue weighted by Gasteiger charge is -2.12. The van der Waals surface area contributed by atoms with E-state index in [9.17, 15) is 8.42 Å². The maximum atomic E-state index is 11.2. The van der Waals surface area contributed by atoms with E-state index in [2.05, 4.69) is 29.5 Å². The molecule has 0 saturated heterocycles. The minimum Gasteiger partial charge on any atom is -0.356 e. The van der Waals surface area contributed by atoms with E-state index in [1.54, 1.807) is 19.2 Å². The smallest absolute Gasteiger partial charge is 0.238 e. The van der Waals surface area contributed by atoms with Gasteiger partial charge in [0, 0.05) is 20.1 Å². The van der Waals surface area contributed by atoms with E-state index in [1.165, 1.54) is 18.6 Å². The highest BCUT2D eigenvalue weighted by Gasteiger charge is 2.06. The third-order valence-corrected chi connectivity index (χ3v) is 4.36. The molecule has 1 aromatic carbocycles. The SMILES string of the molecule is CN=C(NCCCC(C)C)NCCc1ccc(S(N)(=O)=O)cc1. The van der Waals surface area contributed by atoms with Gasteiger partial charge in [0.25, 0.3) is 0 Å². The maximum Gasteiger partial charge on any atom is 0.238 e. The number of nitrogens with one attached hydrogen (secondary N) is 2. The van der Waals surface area contributed by atoms with Crippen LogP contribution in [-0.2, 0) is 16.4 Å². The molecule has 0 radical (unpaired) electrons. The molecule has 0 aliphatic heterocycles. The van der Waals surface area contributed by atoms with E-state index in [-0.39, 0.29) is 4.90 Å². The van der Waals surface area contributed by atoms with Crippen LogP contribution in [0.3, 0.4) is 0 Å². The van der Waals surface area contributed by atoms with Gasteiger partial charge in [0.05, 0.1) is 4.90 Å². The molecule has 4 N–H and O–H groups in total. The molecular formula is C16H28N4O2S. The molecular weight excluding hydrogens is 312 g/mol. The quantitative estimate of drug-likeness (QED) is 0.379. The van der Waals surface area contributed by atoms with Crippen molar-refractivity contribution in [2.75, 3.05) is 20.1 Å². The number of nitrogens with two attached hydrogens (primary N) is 1. The van der Waals surface area contributed by atoms with Crippen LogP contribution in [-0.4, -0.2) is 34.5 Å². The number of benzene rings is 1. The predicted octanol–water partition coefficient (Wildman–Crippen LogP) is 1.48. The van der Waals surface area contributed by atoms with Gasteiger partial charge in [-0.1, -0.05) is 26.0 Å². The van der Waals surface area contributed by atoms with Crippen molar-refractivity contribution in [3.63, 3.8) is 0 Å². The van der Waals surface area contributed by atoms with Gasteiger partial charge in [-0.25, -0.2) is 13.6 Å². The van der Waals surface area contributed by atoms with Crippen molar-refractivity contribution in [3.05, 3.63) is 29.8 Å². The Hall–Kier alpha value is -1.60. The summed E-state index contributed by atoms with van der Waals surface area (Å²) in [6, 6.07) is 6.62. The first-order valence-corrected chi connectivity index (χ1v) is 9.44. The van der Waals surface area contributed by atoms with Crippen molar-refractivity contribution in [2.45, 2.75) is 38.0 Å². The first-order valence-electron chi connectivity index (χ1n) is 7.89. The minimum atomic E-state index is -3.62. The van der Waals surface area contributed by atoms with Crippen LogP contribution in [0.5, 0.6) is 0 Å². The number of hydrogen-bond acceptors (Lipinski definition) is 3. The molecule has 130 valence electrons. The van der Waals surface area contributed by atoms with E-state index < -0.39 is 10.0 Å². The van der Waals surface area contributed by atoms with Crippen molar-refractivity contribution in [2.24, 2.45) is 16.0 Å². The molecule has 23 heavy (non-hydrogen) atoms. The molecule has 0 fully saturated rings. The molecule has 0 bridgehead atoms. The van der Waals surface area contributed by atoms with Crippen LogP contribution in [0.4, 0.5) is 0 Å². The molecule has 6 nitrogen and oxygen atoms in total. The first kappa shape index (κ1) is 19.4. The van der Waals surface area contributed by atoms with Crippen molar-refractivity contribution in [1.29, 1.82) is 0 Å². The molecule has 0 atom stereocenters. The topological polar surface area (TPSA) is 96.6 Å². The third-order valence-electron chi connectivity index (χ3n) is 3.43. The number of guanidine groups is 1. The highest BCUT2D eigenvalue weighted by Crippen LogP contribution is 2.08. The van der Waals surface area contributed by atoms with Gasteiger partial charge >= 0.3 is 0 Å². The molecule has 0 aliphatic carbocycles. The zero-order chi connectivity index (χ0) is 17.3. The van der Waals surface area contributed by atoms with Gasteiger partial charge in [-0.2, -0.15) is 0 Å². The molecule has 0 amide bonds. The third kappa shape index (κ3) is 7.99. The summed E-state index contributed by atoms with van der Waals surface area (Å²) in [5, 5.41) is 11.6. The standard InChI is InChI=1S/C16H28N4O2S/c1-13(2)5-4-11-19-16(18-3)20-12-10-14-6-8-15(9-7-14)23(17,21)22/h6-9,13H,4-5,10-12H2,1-3H3,(H2,17,21,22)(H2,18,19,20). The predicted molar refractivity (Wildman–Crippen MR) is 95.0 cm³/mol. The zero-order valence-electron chi connectivity index (χ0n) is 14.2. The lowest BCUT2D eigenvalue weighted by Crippen LogP contribution is -2.38.